The van der Waals surface area contributed by atoms with E-state index in [9.17, 15) is 9.59 Å². The second-order valence-electron chi connectivity index (χ2n) is 15.8. The lowest BCUT2D eigenvalue weighted by Gasteiger charge is -2.37. The molecule has 2 N–H and O–H groups in total. The Labute approximate surface area is 340 Å². The third kappa shape index (κ3) is 7.62. The zero-order valence-electron chi connectivity index (χ0n) is 33.1. The molecule has 3 saturated heterocycles. The van der Waals surface area contributed by atoms with Crippen molar-refractivity contribution in [2.24, 2.45) is 0 Å². The zero-order valence-corrected chi connectivity index (χ0v) is 33.1. The number of amides is 2. The number of aromatic amines is 2. The van der Waals surface area contributed by atoms with Crippen molar-refractivity contribution in [2.45, 2.75) is 69.2 Å². The van der Waals surface area contributed by atoms with Gasteiger partial charge in [-0.05, 0) is 85.0 Å². The first-order chi connectivity index (χ1) is 28.6. The van der Waals surface area contributed by atoms with Crippen molar-refractivity contribution in [1.29, 1.82) is 0 Å². The van der Waals surface area contributed by atoms with Gasteiger partial charge in [0, 0.05) is 20.2 Å². The molecule has 6 aromatic rings. The number of likely N-dealkylation sites (tertiary alicyclic amines) is 3. The summed E-state index contributed by atoms with van der Waals surface area (Å²) >= 11 is 0. The number of nitrogens with zero attached hydrogens (tertiary/aromatic N) is 5. The van der Waals surface area contributed by atoms with Crippen LogP contribution in [0, 0.1) is 0 Å². The third-order valence-electron chi connectivity index (χ3n) is 12.3. The predicted octanol–water partition coefficient (Wildman–Crippen LogP) is 9.08. The number of carbonyl (C=O) groups excluding carboxylic acids is 2. The summed E-state index contributed by atoms with van der Waals surface area (Å²) < 4.78 is 5.67. The maximum absolute atomic E-state index is 14.4. The van der Waals surface area contributed by atoms with E-state index in [0.29, 0.717) is 6.54 Å². The SMILES string of the molecule is CO[C@@H](C(=O)N1CCC[C@H]1c1ncc(-c2ccc(-c3ccc(-c4cnc([C@@H]5CCCN5C(=O)[C@@H](c5ccccc5)N5CCCCC5)[nH]4)cc3)cc2)[nH]1)c1ccccc1. The molecule has 2 aromatic heterocycles. The molecular weight excluding hydrogens is 723 g/mol. The Bertz CT molecular complexity index is 2300. The highest BCUT2D eigenvalue weighted by Gasteiger charge is 2.39. The monoisotopic (exact) mass is 773 g/mol. The van der Waals surface area contributed by atoms with Crippen LogP contribution in [0.3, 0.4) is 0 Å². The molecule has 0 unspecified atom stereocenters. The van der Waals surface area contributed by atoms with Gasteiger partial charge in [-0.1, -0.05) is 116 Å². The highest BCUT2D eigenvalue weighted by Crippen LogP contribution is 2.38. The summed E-state index contributed by atoms with van der Waals surface area (Å²) in [6, 6.07) is 36.5. The number of H-pyrrole nitrogens is 2. The van der Waals surface area contributed by atoms with Crippen molar-refractivity contribution in [1.82, 2.24) is 34.6 Å². The molecule has 3 aliphatic rings. The first-order valence-corrected chi connectivity index (χ1v) is 20.8. The lowest BCUT2D eigenvalue weighted by atomic mass is 10.00. The van der Waals surface area contributed by atoms with Crippen LogP contribution in [0.5, 0.6) is 0 Å². The fourth-order valence-electron chi connectivity index (χ4n) is 9.26. The Hall–Kier alpha value is -5.84. The number of hydrogen-bond acceptors (Lipinski definition) is 6. The number of piperidine rings is 1. The highest BCUT2D eigenvalue weighted by molar-refractivity contribution is 5.84. The van der Waals surface area contributed by atoms with Crippen LogP contribution in [0.25, 0.3) is 33.6 Å². The Morgan fingerprint density at radius 3 is 1.53 bits per heavy atom. The van der Waals surface area contributed by atoms with E-state index in [1.165, 1.54) is 6.42 Å². The summed E-state index contributed by atoms with van der Waals surface area (Å²) in [4.78, 5) is 51.1. The average molecular weight is 774 g/mol. The fraction of sp³-hybridized carbons (Fsp3) is 0.333. The van der Waals surface area contributed by atoms with Crippen LogP contribution >= 0.6 is 0 Å². The lowest BCUT2D eigenvalue weighted by Crippen LogP contribution is -2.44. The number of methoxy groups -OCH3 is 1. The van der Waals surface area contributed by atoms with Gasteiger partial charge in [-0.3, -0.25) is 14.5 Å². The number of imidazole rings is 2. The second kappa shape index (κ2) is 16.9. The number of carbonyl (C=O) groups is 2. The molecule has 10 heteroatoms. The number of benzene rings is 4. The van der Waals surface area contributed by atoms with E-state index in [1.54, 1.807) is 7.11 Å². The minimum atomic E-state index is -0.641. The van der Waals surface area contributed by atoms with E-state index >= 15 is 0 Å². The number of hydrogen-bond donors (Lipinski definition) is 2. The molecule has 0 bridgehead atoms. The summed E-state index contributed by atoms with van der Waals surface area (Å²) in [5, 5.41) is 0. The molecule has 3 fully saturated rings. The molecule has 4 atom stereocenters. The normalized spacial score (nSPS) is 19.7. The minimum absolute atomic E-state index is 0.0368. The highest BCUT2D eigenvalue weighted by atomic mass is 16.5. The molecule has 296 valence electrons. The van der Waals surface area contributed by atoms with Crippen molar-refractivity contribution in [3.63, 3.8) is 0 Å². The summed E-state index contributed by atoms with van der Waals surface area (Å²) in [6.07, 6.45) is 10.3. The number of aromatic nitrogens is 4. The molecule has 4 aromatic carbocycles. The van der Waals surface area contributed by atoms with Gasteiger partial charge in [0.25, 0.3) is 5.91 Å². The van der Waals surface area contributed by atoms with Crippen molar-refractivity contribution in [2.75, 3.05) is 33.3 Å². The van der Waals surface area contributed by atoms with E-state index in [0.717, 1.165) is 115 Å². The molecule has 0 radical (unpaired) electrons. The van der Waals surface area contributed by atoms with Crippen molar-refractivity contribution >= 4 is 11.8 Å². The van der Waals surface area contributed by atoms with Crippen molar-refractivity contribution in [3.8, 4) is 33.6 Å². The first-order valence-electron chi connectivity index (χ1n) is 20.8. The van der Waals surface area contributed by atoms with E-state index in [-0.39, 0.29) is 29.9 Å². The molecule has 0 aliphatic carbocycles. The van der Waals surface area contributed by atoms with E-state index in [4.69, 9.17) is 14.7 Å². The van der Waals surface area contributed by atoms with E-state index in [1.807, 2.05) is 65.8 Å². The van der Waals surface area contributed by atoms with E-state index in [2.05, 4.69) is 80.4 Å². The molecule has 3 aliphatic heterocycles. The van der Waals surface area contributed by atoms with Crippen LogP contribution in [0.2, 0.25) is 0 Å². The predicted molar refractivity (Wildman–Crippen MR) is 225 cm³/mol. The van der Waals surface area contributed by atoms with Gasteiger partial charge in [0.2, 0.25) is 5.91 Å². The van der Waals surface area contributed by atoms with Gasteiger partial charge in [-0.25, -0.2) is 9.97 Å². The quantitative estimate of drug-likeness (QED) is 0.136. The lowest BCUT2D eigenvalue weighted by molar-refractivity contribution is -0.143. The van der Waals surface area contributed by atoms with Crippen LogP contribution in [0.15, 0.2) is 122 Å². The molecule has 0 saturated carbocycles. The molecule has 9 rings (SSSR count). The van der Waals surface area contributed by atoms with Gasteiger partial charge in [0.05, 0.1) is 35.9 Å². The number of nitrogens with one attached hydrogen (secondary N) is 2. The molecule has 2 amide bonds. The second-order valence-corrected chi connectivity index (χ2v) is 15.8. The van der Waals surface area contributed by atoms with Crippen LogP contribution < -0.4 is 0 Å². The number of rotatable bonds is 11. The average Bonchev–Trinajstić information content (AvgIpc) is 4.13. The molecule has 5 heterocycles. The number of ether oxygens (including phenoxy) is 1. The van der Waals surface area contributed by atoms with Crippen LogP contribution in [-0.4, -0.2) is 79.7 Å². The molecule has 0 spiro atoms. The Morgan fingerprint density at radius 2 is 1.03 bits per heavy atom. The van der Waals surface area contributed by atoms with Gasteiger partial charge in [0.15, 0.2) is 6.10 Å². The summed E-state index contributed by atoms with van der Waals surface area (Å²) in [5.41, 5.74) is 8.10. The maximum atomic E-state index is 14.4. The van der Waals surface area contributed by atoms with Gasteiger partial charge >= 0.3 is 0 Å². The minimum Gasteiger partial charge on any atom is -0.367 e. The molecular formula is C48H51N7O3. The zero-order chi connectivity index (χ0) is 39.4. The molecule has 58 heavy (non-hydrogen) atoms. The van der Waals surface area contributed by atoms with Crippen LogP contribution in [-0.2, 0) is 14.3 Å². The first kappa shape index (κ1) is 37.7. The summed E-state index contributed by atoms with van der Waals surface area (Å²) in [5.74, 6) is 1.80. The maximum Gasteiger partial charge on any atom is 0.256 e. The largest absolute Gasteiger partial charge is 0.367 e. The smallest absolute Gasteiger partial charge is 0.256 e. The van der Waals surface area contributed by atoms with E-state index < -0.39 is 6.10 Å². The van der Waals surface area contributed by atoms with Crippen molar-refractivity contribution < 1.29 is 14.3 Å². The fourth-order valence-corrected chi connectivity index (χ4v) is 9.26. The van der Waals surface area contributed by atoms with Crippen molar-refractivity contribution in [3.05, 3.63) is 144 Å². The third-order valence-corrected chi connectivity index (χ3v) is 12.3. The Balaban J connectivity index is 0.860. The Morgan fingerprint density at radius 1 is 0.569 bits per heavy atom. The Kier molecular flexibility index (Phi) is 11.0. The van der Waals surface area contributed by atoms with Crippen LogP contribution in [0.1, 0.15) is 92.0 Å². The summed E-state index contributed by atoms with van der Waals surface area (Å²) in [6.45, 7) is 3.33. The molecule has 10 nitrogen and oxygen atoms in total. The van der Waals surface area contributed by atoms with Gasteiger partial charge in [-0.15, -0.1) is 0 Å². The van der Waals surface area contributed by atoms with Gasteiger partial charge in [0.1, 0.15) is 17.7 Å². The topological polar surface area (TPSA) is 110 Å². The standard InChI is InChI=1S/C48H51N7O3/c1-58-44(38-15-7-3-8-16-38)48(57)55-30-12-18-42(55)46-50-32-40(52-46)36-25-21-34(22-26-36)33-19-23-35(24-20-33)39-31-49-45(51-39)41-17-11-29-54(41)47(56)43(37-13-5-2-6-14-37)53-27-9-4-10-28-53/h2-3,5-8,13-16,19-26,31-32,41-44H,4,9-12,17-18,27-30H2,1H3,(H,49,51)(H,50,52)/t41-,42-,43+,44+/m0/s1. The van der Waals surface area contributed by atoms with Gasteiger partial charge in [-0.2, -0.15) is 0 Å². The summed E-state index contributed by atoms with van der Waals surface area (Å²) in [7, 11) is 1.59. The van der Waals surface area contributed by atoms with Gasteiger partial charge < -0.3 is 24.5 Å². The van der Waals surface area contributed by atoms with Crippen LogP contribution in [0.4, 0.5) is 0 Å².